The van der Waals surface area contributed by atoms with Crippen LogP contribution in [0.2, 0.25) is 0 Å². The van der Waals surface area contributed by atoms with Crippen molar-refractivity contribution < 1.29 is 9.50 Å². The minimum Gasteiger partial charge on any atom is -0.393 e. The van der Waals surface area contributed by atoms with Crippen LogP contribution in [0, 0.1) is 11.7 Å². The maximum Gasteiger partial charge on any atom is 0.123 e. The Kier molecular flexibility index (Phi) is 4.37. The van der Waals surface area contributed by atoms with Crippen LogP contribution >= 0.6 is 0 Å². The molecule has 3 rings (SSSR count). The second kappa shape index (κ2) is 6.23. The molecule has 0 spiro atoms. The lowest BCUT2D eigenvalue weighted by Gasteiger charge is -2.38. The Hall–Kier alpha value is -0.930. The molecular weight excluding hydrogens is 253 g/mol. The lowest BCUT2D eigenvalue weighted by molar-refractivity contribution is 0.0976. The van der Waals surface area contributed by atoms with E-state index in [4.69, 9.17) is 0 Å². The van der Waals surface area contributed by atoms with Crippen LogP contribution < -0.4 is 5.32 Å². The van der Waals surface area contributed by atoms with Crippen molar-refractivity contribution in [3.8, 4) is 0 Å². The quantitative estimate of drug-likeness (QED) is 0.885. The van der Waals surface area contributed by atoms with Crippen molar-refractivity contribution in [2.75, 3.05) is 6.54 Å². The first kappa shape index (κ1) is 14.0. The minimum atomic E-state index is -0.154. The number of nitrogens with one attached hydrogen (secondary N) is 1. The second-order valence-corrected chi connectivity index (χ2v) is 6.51. The van der Waals surface area contributed by atoms with E-state index < -0.39 is 0 Å². The summed E-state index contributed by atoms with van der Waals surface area (Å²) in [6, 6.07) is 7.53. The van der Waals surface area contributed by atoms with Crippen molar-refractivity contribution in [2.45, 2.75) is 56.6 Å². The third kappa shape index (κ3) is 3.39. The summed E-state index contributed by atoms with van der Waals surface area (Å²) in [4.78, 5) is 0. The van der Waals surface area contributed by atoms with Gasteiger partial charge in [-0.3, -0.25) is 0 Å². The van der Waals surface area contributed by atoms with Crippen LogP contribution in [0.1, 0.15) is 50.0 Å². The SMILES string of the molecule is OC1CCCC(CNC2CC(c3ccc(F)cc3)C2)C1. The van der Waals surface area contributed by atoms with E-state index in [1.165, 1.54) is 12.0 Å². The van der Waals surface area contributed by atoms with E-state index in [1.807, 2.05) is 12.1 Å². The molecule has 2 nitrogen and oxygen atoms in total. The molecule has 2 saturated carbocycles. The molecule has 0 aromatic heterocycles. The van der Waals surface area contributed by atoms with Crippen LogP contribution in [0.25, 0.3) is 0 Å². The predicted octanol–water partition coefficient (Wildman–Crippen LogP) is 3.21. The van der Waals surface area contributed by atoms with Crippen molar-refractivity contribution in [3.63, 3.8) is 0 Å². The number of hydrogen-bond donors (Lipinski definition) is 2. The summed E-state index contributed by atoms with van der Waals surface area (Å²) >= 11 is 0. The largest absolute Gasteiger partial charge is 0.393 e. The van der Waals surface area contributed by atoms with Crippen molar-refractivity contribution >= 4 is 0 Å². The number of aliphatic hydroxyl groups is 1. The van der Waals surface area contributed by atoms with Gasteiger partial charge in [-0.1, -0.05) is 18.6 Å². The number of hydrogen-bond acceptors (Lipinski definition) is 2. The maximum atomic E-state index is 12.9. The first-order valence-electron chi connectivity index (χ1n) is 7.87. The minimum absolute atomic E-state index is 0.0797. The highest BCUT2D eigenvalue weighted by atomic mass is 19.1. The van der Waals surface area contributed by atoms with Crippen molar-refractivity contribution in [3.05, 3.63) is 35.6 Å². The predicted molar refractivity (Wildman–Crippen MR) is 78.1 cm³/mol. The second-order valence-electron chi connectivity index (χ2n) is 6.51. The molecule has 2 atom stereocenters. The van der Waals surface area contributed by atoms with Crippen LogP contribution in [-0.4, -0.2) is 23.8 Å². The highest BCUT2D eigenvalue weighted by Gasteiger charge is 2.30. The van der Waals surface area contributed by atoms with E-state index in [0.717, 1.165) is 38.6 Å². The summed E-state index contributed by atoms with van der Waals surface area (Å²) in [5.74, 6) is 1.08. The van der Waals surface area contributed by atoms with Gasteiger partial charge in [-0.15, -0.1) is 0 Å². The fourth-order valence-corrected chi connectivity index (χ4v) is 3.57. The molecule has 20 heavy (non-hydrogen) atoms. The summed E-state index contributed by atoms with van der Waals surface area (Å²) in [5.41, 5.74) is 1.26. The Morgan fingerprint density at radius 1 is 1.10 bits per heavy atom. The maximum absolute atomic E-state index is 12.9. The normalized spacial score (nSPS) is 33.7. The van der Waals surface area contributed by atoms with Gasteiger partial charge in [0.1, 0.15) is 5.82 Å². The van der Waals surface area contributed by atoms with Crippen LogP contribution in [0.4, 0.5) is 4.39 Å². The highest BCUT2D eigenvalue weighted by molar-refractivity contribution is 5.23. The van der Waals surface area contributed by atoms with Gasteiger partial charge in [-0.2, -0.15) is 0 Å². The molecule has 0 saturated heterocycles. The number of rotatable bonds is 4. The summed E-state index contributed by atoms with van der Waals surface area (Å²) in [6.07, 6.45) is 6.58. The van der Waals surface area contributed by atoms with Crippen LogP contribution in [0.5, 0.6) is 0 Å². The first-order valence-corrected chi connectivity index (χ1v) is 7.87. The molecule has 2 N–H and O–H groups in total. The van der Waals surface area contributed by atoms with Gasteiger partial charge in [0, 0.05) is 6.04 Å². The third-order valence-corrected chi connectivity index (χ3v) is 4.93. The fourth-order valence-electron chi connectivity index (χ4n) is 3.57. The third-order valence-electron chi connectivity index (χ3n) is 4.93. The lowest BCUT2D eigenvalue weighted by atomic mass is 9.75. The van der Waals surface area contributed by atoms with Gasteiger partial charge in [0.15, 0.2) is 0 Å². The van der Waals surface area contributed by atoms with Gasteiger partial charge in [-0.25, -0.2) is 4.39 Å². The van der Waals surface area contributed by atoms with Gasteiger partial charge < -0.3 is 10.4 Å². The van der Waals surface area contributed by atoms with Gasteiger partial charge in [0.05, 0.1) is 6.10 Å². The fraction of sp³-hybridized carbons (Fsp3) is 0.647. The lowest BCUT2D eigenvalue weighted by Crippen LogP contribution is -2.43. The Morgan fingerprint density at radius 2 is 1.85 bits per heavy atom. The molecule has 1 aromatic rings. The molecule has 0 bridgehead atoms. The monoisotopic (exact) mass is 277 g/mol. The van der Waals surface area contributed by atoms with Gasteiger partial charge in [-0.05, 0) is 68.2 Å². The van der Waals surface area contributed by atoms with E-state index in [2.05, 4.69) is 5.32 Å². The van der Waals surface area contributed by atoms with Gasteiger partial charge in [0.2, 0.25) is 0 Å². The van der Waals surface area contributed by atoms with E-state index in [9.17, 15) is 9.50 Å². The molecular formula is C17H24FNO. The summed E-state index contributed by atoms with van der Waals surface area (Å²) < 4.78 is 12.9. The summed E-state index contributed by atoms with van der Waals surface area (Å²) in [6.45, 7) is 1.04. The van der Waals surface area contributed by atoms with Gasteiger partial charge in [0.25, 0.3) is 0 Å². The van der Waals surface area contributed by atoms with E-state index in [-0.39, 0.29) is 11.9 Å². The average molecular weight is 277 g/mol. The van der Waals surface area contributed by atoms with Crippen molar-refractivity contribution in [1.29, 1.82) is 0 Å². The van der Waals surface area contributed by atoms with Crippen molar-refractivity contribution in [2.24, 2.45) is 5.92 Å². The van der Waals surface area contributed by atoms with Crippen LogP contribution in [0.3, 0.4) is 0 Å². The summed E-state index contributed by atoms with van der Waals surface area (Å²) in [7, 11) is 0. The van der Waals surface area contributed by atoms with E-state index in [1.54, 1.807) is 12.1 Å². The highest BCUT2D eigenvalue weighted by Crippen LogP contribution is 2.37. The molecule has 0 amide bonds. The molecule has 2 fully saturated rings. The van der Waals surface area contributed by atoms with E-state index in [0.29, 0.717) is 17.9 Å². The zero-order chi connectivity index (χ0) is 13.9. The molecule has 1 aromatic carbocycles. The number of aliphatic hydroxyl groups excluding tert-OH is 1. The van der Waals surface area contributed by atoms with Crippen LogP contribution in [-0.2, 0) is 0 Å². The molecule has 3 heteroatoms. The molecule has 2 aliphatic rings. The zero-order valence-corrected chi connectivity index (χ0v) is 11.9. The standard InChI is InChI=1S/C17H24FNO/c18-15-6-4-13(5-7-15)14-9-16(10-14)19-11-12-2-1-3-17(20)8-12/h4-7,12,14,16-17,19-20H,1-3,8-11H2. The summed E-state index contributed by atoms with van der Waals surface area (Å²) in [5, 5.41) is 13.3. The Morgan fingerprint density at radius 3 is 2.55 bits per heavy atom. The Bertz CT molecular complexity index is 427. The number of halogens is 1. The number of benzene rings is 1. The Labute approximate surface area is 120 Å². The smallest absolute Gasteiger partial charge is 0.123 e. The Balaban J connectivity index is 1.39. The first-order chi connectivity index (χ1) is 9.70. The van der Waals surface area contributed by atoms with E-state index >= 15 is 0 Å². The topological polar surface area (TPSA) is 32.3 Å². The molecule has 2 unspecified atom stereocenters. The molecule has 0 heterocycles. The molecule has 110 valence electrons. The molecule has 2 aliphatic carbocycles. The zero-order valence-electron chi connectivity index (χ0n) is 11.9. The van der Waals surface area contributed by atoms with Crippen molar-refractivity contribution in [1.82, 2.24) is 5.32 Å². The molecule has 0 aliphatic heterocycles. The average Bonchev–Trinajstić information content (AvgIpc) is 2.39. The van der Waals surface area contributed by atoms with Gasteiger partial charge >= 0.3 is 0 Å². The van der Waals surface area contributed by atoms with Crippen LogP contribution in [0.15, 0.2) is 24.3 Å². The molecule has 0 radical (unpaired) electrons.